The van der Waals surface area contributed by atoms with Gasteiger partial charge < -0.3 is 10.1 Å². The Morgan fingerprint density at radius 3 is 2.74 bits per heavy atom. The molecule has 1 saturated heterocycles. The number of Topliss-reactive ketones (excluding diaryl/α,β-unsaturated/α-hetero) is 1. The maximum atomic E-state index is 13.5. The minimum Gasteiger partial charge on any atom is -0.342 e. The number of hydrogen-bond acceptors (Lipinski definition) is 3. The van der Waals surface area contributed by atoms with Crippen LogP contribution in [-0.4, -0.2) is 17.8 Å². The van der Waals surface area contributed by atoms with E-state index < -0.39 is 35.0 Å². The number of rotatable bonds is 2. The maximum Gasteiger partial charge on any atom is 0.264 e. The zero-order valence-corrected chi connectivity index (χ0v) is 12.0. The summed E-state index contributed by atoms with van der Waals surface area (Å²) in [5.74, 6) is -1.85. The van der Waals surface area contributed by atoms with Crippen molar-refractivity contribution >= 4 is 17.4 Å². The highest BCUT2D eigenvalue weighted by molar-refractivity contribution is 6.15. The summed E-state index contributed by atoms with van der Waals surface area (Å²) in [6.45, 7) is 1.54. The van der Waals surface area contributed by atoms with Crippen LogP contribution in [-0.2, 0) is 15.1 Å². The van der Waals surface area contributed by atoms with Crippen LogP contribution in [0.1, 0.15) is 21.5 Å². The molecule has 2 aliphatic rings. The van der Waals surface area contributed by atoms with Crippen LogP contribution in [0.25, 0.3) is 0 Å². The van der Waals surface area contributed by atoms with E-state index in [1.165, 1.54) is 36.4 Å². The van der Waals surface area contributed by atoms with Gasteiger partial charge in [-0.1, -0.05) is 0 Å². The number of aryl methyl sites for hydroxylation is 1. The van der Waals surface area contributed by atoms with Gasteiger partial charge in [0.05, 0.1) is 0 Å². The Morgan fingerprint density at radius 1 is 1.22 bits per heavy atom. The molecular formula is C17H11F2NO3. The molecule has 2 aromatic rings. The van der Waals surface area contributed by atoms with E-state index in [-0.39, 0.29) is 5.56 Å². The lowest BCUT2D eigenvalue weighted by molar-refractivity contribution is -0.120. The van der Waals surface area contributed by atoms with E-state index in [0.29, 0.717) is 16.8 Å². The van der Waals surface area contributed by atoms with Crippen molar-refractivity contribution in [3.63, 3.8) is 0 Å². The second kappa shape index (κ2) is 4.45. The van der Waals surface area contributed by atoms with E-state index in [0.717, 1.165) is 0 Å². The number of nitrogens with one attached hydrogen (secondary N) is 1. The number of fused-ring (bicyclic) bond motifs is 2. The largest absolute Gasteiger partial charge is 0.342 e. The van der Waals surface area contributed by atoms with Crippen molar-refractivity contribution in [1.29, 1.82) is 0 Å². The Hall–Kier alpha value is -2.60. The number of anilines is 1. The predicted octanol–water partition coefficient (Wildman–Crippen LogP) is 2.70. The highest BCUT2D eigenvalue weighted by Crippen LogP contribution is 2.54. The van der Waals surface area contributed by atoms with E-state index in [9.17, 15) is 18.4 Å². The molecule has 1 amide bonds. The van der Waals surface area contributed by atoms with Crippen molar-refractivity contribution in [3.8, 4) is 0 Å². The number of amides is 1. The lowest BCUT2D eigenvalue weighted by Crippen LogP contribution is -2.27. The van der Waals surface area contributed by atoms with E-state index in [1.54, 1.807) is 6.92 Å². The summed E-state index contributed by atoms with van der Waals surface area (Å²) in [4.78, 5) is 24.8. The van der Waals surface area contributed by atoms with Gasteiger partial charge in [0.25, 0.3) is 5.91 Å². The molecule has 1 fully saturated rings. The summed E-state index contributed by atoms with van der Waals surface area (Å²) in [6.07, 6.45) is -1.03. The molecule has 0 aliphatic carbocycles. The molecule has 4 nitrogen and oxygen atoms in total. The van der Waals surface area contributed by atoms with Gasteiger partial charge in [0, 0.05) is 16.8 Å². The van der Waals surface area contributed by atoms with Crippen LogP contribution in [0.4, 0.5) is 14.5 Å². The first-order chi connectivity index (χ1) is 10.9. The summed E-state index contributed by atoms with van der Waals surface area (Å²) in [6, 6.07) is 7.80. The SMILES string of the molecule is Cc1cc(C(=O)[C@H]2O[C@@]23C(=O)Nc2ccc(F)cc23)ccc1F. The highest BCUT2D eigenvalue weighted by atomic mass is 19.1. The van der Waals surface area contributed by atoms with Gasteiger partial charge in [-0.25, -0.2) is 8.78 Å². The van der Waals surface area contributed by atoms with Gasteiger partial charge >= 0.3 is 0 Å². The molecule has 2 heterocycles. The Labute approximate surface area is 130 Å². The molecule has 0 radical (unpaired) electrons. The smallest absolute Gasteiger partial charge is 0.264 e. The average Bonchev–Trinajstić information content (AvgIpc) is 3.21. The summed E-state index contributed by atoms with van der Waals surface area (Å²) >= 11 is 0. The van der Waals surface area contributed by atoms with Gasteiger partial charge in [0.15, 0.2) is 11.9 Å². The first-order valence-electron chi connectivity index (χ1n) is 7.03. The number of halogens is 2. The standard InChI is InChI=1S/C17H11F2NO3/c1-8-6-9(2-4-12(8)19)14(21)15-17(23-15)11-7-10(18)3-5-13(11)20-16(17)22/h2-7,15H,1H3,(H,20,22)/t15-,17-/m1/s1. The first-order valence-corrected chi connectivity index (χ1v) is 7.03. The Bertz CT molecular complexity index is 880. The van der Waals surface area contributed by atoms with Gasteiger partial charge in [-0.2, -0.15) is 0 Å². The summed E-state index contributed by atoms with van der Waals surface area (Å²) in [5, 5.41) is 2.59. The molecule has 2 aromatic carbocycles. The zero-order chi connectivity index (χ0) is 16.4. The number of ether oxygens (including phenoxy) is 1. The van der Waals surface area contributed by atoms with Crippen LogP contribution < -0.4 is 5.32 Å². The fourth-order valence-electron chi connectivity index (χ4n) is 2.99. The van der Waals surface area contributed by atoms with Gasteiger partial charge in [-0.15, -0.1) is 0 Å². The van der Waals surface area contributed by atoms with Gasteiger partial charge in [0.1, 0.15) is 11.6 Å². The topological polar surface area (TPSA) is 58.7 Å². The Balaban J connectivity index is 1.72. The quantitative estimate of drug-likeness (QED) is 0.685. The summed E-state index contributed by atoms with van der Waals surface area (Å²) < 4.78 is 32.2. The van der Waals surface area contributed by atoms with Crippen molar-refractivity contribution < 1.29 is 23.1 Å². The minimum atomic E-state index is -1.48. The van der Waals surface area contributed by atoms with E-state index in [1.807, 2.05) is 0 Å². The Morgan fingerprint density at radius 2 is 2.00 bits per heavy atom. The van der Waals surface area contributed by atoms with Crippen molar-refractivity contribution in [1.82, 2.24) is 0 Å². The van der Waals surface area contributed by atoms with Crippen LogP contribution in [0.2, 0.25) is 0 Å². The third-order valence-electron chi connectivity index (χ3n) is 4.26. The zero-order valence-electron chi connectivity index (χ0n) is 12.0. The normalized spacial score (nSPS) is 24.5. The summed E-state index contributed by atoms with van der Waals surface area (Å²) in [5.41, 5.74) is -0.144. The molecule has 0 saturated carbocycles. The first kappa shape index (κ1) is 14.0. The number of benzene rings is 2. The number of ketones is 1. The molecule has 0 bridgehead atoms. The molecule has 6 heteroatoms. The van der Waals surface area contributed by atoms with Crippen molar-refractivity contribution in [3.05, 3.63) is 64.7 Å². The number of carbonyl (C=O) groups excluding carboxylic acids is 2. The third kappa shape index (κ3) is 1.85. The molecular weight excluding hydrogens is 304 g/mol. The lowest BCUT2D eigenvalue weighted by atomic mass is 9.92. The van der Waals surface area contributed by atoms with E-state index in [4.69, 9.17) is 4.74 Å². The molecule has 116 valence electrons. The van der Waals surface area contributed by atoms with Crippen molar-refractivity contribution in [2.45, 2.75) is 18.6 Å². The van der Waals surface area contributed by atoms with E-state index in [2.05, 4.69) is 5.32 Å². The number of epoxide rings is 1. The second-order valence-electron chi connectivity index (χ2n) is 5.71. The lowest BCUT2D eigenvalue weighted by Gasteiger charge is -2.04. The fraction of sp³-hybridized carbons (Fsp3) is 0.176. The average molecular weight is 315 g/mol. The monoisotopic (exact) mass is 315 g/mol. The van der Waals surface area contributed by atoms with Crippen LogP contribution in [0.5, 0.6) is 0 Å². The molecule has 2 atom stereocenters. The third-order valence-corrected chi connectivity index (χ3v) is 4.26. The van der Waals surface area contributed by atoms with Crippen LogP contribution in [0, 0.1) is 18.6 Å². The highest BCUT2D eigenvalue weighted by Gasteiger charge is 2.70. The molecule has 4 rings (SSSR count). The molecule has 0 aromatic heterocycles. The Kier molecular flexibility index (Phi) is 2.72. The fourth-order valence-corrected chi connectivity index (χ4v) is 2.99. The predicted molar refractivity (Wildman–Crippen MR) is 77.0 cm³/mol. The minimum absolute atomic E-state index is 0.253. The molecule has 1 N–H and O–H groups in total. The van der Waals surface area contributed by atoms with Crippen molar-refractivity contribution in [2.75, 3.05) is 5.32 Å². The molecule has 2 aliphatic heterocycles. The molecule has 0 unspecified atom stereocenters. The van der Waals surface area contributed by atoms with Crippen LogP contribution in [0.15, 0.2) is 36.4 Å². The molecule has 23 heavy (non-hydrogen) atoms. The van der Waals surface area contributed by atoms with Gasteiger partial charge in [0.2, 0.25) is 5.60 Å². The van der Waals surface area contributed by atoms with E-state index >= 15 is 0 Å². The van der Waals surface area contributed by atoms with Gasteiger partial charge in [-0.05, 0) is 48.9 Å². The number of hydrogen-bond donors (Lipinski definition) is 1. The van der Waals surface area contributed by atoms with Crippen LogP contribution >= 0.6 is 0 Å². The molecule has 1 spiro atoms. The van der Waals surface area contributed by atoms with Gasteiger partial charge in [-0.3, -0.25) is 9.59 Å². The van der Waals surface area contributed by atoms with Crippen LogP contribution in [0.3, 0.4) is 0 Å². The summed E-state index contributed by atoms with van der Waals surface area (Å²) in [7, 11) is 0. The maximum absolute atomic E-state index is 13.5. The van der Waals surface area contributed by atoms with Crippen molar-refractivity contribution in [2.24, 2.45) is 0 Å². The second-order valence-corrected chi connectivity index (χ2v) is 5.71. The number of carbonyl (C=O) groups is 2.